The summed E-state index contributed by atoms with van der Waals surface area (Å²) in [6, 6.07) is 0. The molecule has 0 saturated carbocycles. The van der Waals surface area contributed by atoms with Crippen LogP contribution in [-0.2, 0) is 0 Å². The summed E-state index contributed by atoms with van der Waals surface area (Å²) < 4.78 is 0. The lowest BCUT2D eigenvalue weighted by atomic mass is 10.2. The highest BCUT2D eigenvalue weighted by molar-refractivity contribution is 5.11. The molecule has 0 aliphatic rings. The first-order valence-electron chi connectivity index (χ1n) is 3.51. The fraction of sp³-hybridized carbons (Fsp3) is 0.556. The van der Waals surface area contributed by atoms with Crippen molar-refractivity contribution >= 4 is 0 Å². The fourth-order valence-corrected chi connectivity index (χ4v) is 0.608. The number of unbranched alkanes of at least 4 members (excludes halogenated alkanes) is 3. The molecule has 0 bridgehead atoms. The van der Waals surface area contributed by atoms with E-state index in [2.05, 4.69) is 25.3 Å². The number of hydrogen-bond donors (Lipinski definition) is 0. The minimum Gasteiger partial charge on any atom is -0.412 e. The van der Waals surface area contributed by atoms with Crippen LogP contribution >= 0.6 is 0 Å². The van der Waals surface area contributed by atoms with Gasteiger partial charge in [0.05, 0.1) is 0 Å². The van der Waals surface area contributed by atoms with E-state index in [0.717, 1.165) is 6.42 Å². The predicted molar refractivity (Wildman–Crippen MR) is 45.7 cm³/mol. The number of allylic oxidation sites excluding steroid dienone is 1. The van der Waals surface area contributed by atoms with Crippen molar-refractivity contribution in [2.45, 2.75) is 32.6 Å². The standard InChI is InChI=1S/C9H14.H2O/c1-3-5-7-9-8-6-4-2;/h3H,1,4,6,8-9H2,2H3;1H2. The summed E-state index contributed by atoms with van der Waals surface area (Å²) in [6.45, 7) is 5.70. The average Bonchev–Trinajstić information content (AvgIpc) is 1.89. The Labute approximate surface area is 63.4 Å². The van der Waals surface area contributed by atoms with Gasteiger partial charge in [-0.2, -0.15) is 0 Å². The van der Waals surface area contributed by atoms with Crippen LogP contribution in [0.25, 0.3) is 0 Å². The minimum absolute atomic E-state index is 0. The third-order valence-electron chi connectivity index (χ3n) is 1.11. The molecule has 0 atom stereocenters. The zero-order valence-corrected chi connectivity index (χ0v) is 6.61. The fourth-order valence-electron chi connectivity index (χ4n) is 0.608. The van der Waals surface area contributed by atoms with Crippen LogP contribution in [-0.4, -0.2) is 5.48 Å². The number of hydrogen-bond acceptors (Lipinski definition) is 0. The van der Waals surface area contributed by atoms with Crippen LogP contribution in [0.15, 0.2) is 12.7 Å². The molecule has 0 radical (unpaired) electrons. The zero-order valence-electron chi connectivity index (χ0n) is 6.61. The Morgan fingerprint density at radius 3 is 2.60 bits per heavy atom. The summed E-state index contributed by atoms with van der Waals surface area (Å²) in [5.41, 5.74) is 0. The van der Waals surface area contributed by atoms with Gasteiger partial charge in [0.1, 0.15) is 0 Å². The first kappa shape index (κ1) is 12.0. The van der Waals surface area contributed by atoms with Crippen molar-refractivity contribution in [1.29, 1.82) is 0 Å². The molecular weight excluding hydrogens is 124 g/mol. The van der Waals surface area contributed by atoms with Crippen LogP contribution in [0.1, 0.15) is 32.6 Å². The third kappa shape index (κ3) is 10.3. The molecule has 0 amide bonds. The van der Waals surface area contributed by atoms with Crippen molar-refractivity contribution in [1.82, 2.24) is 0 Å². The Morgan fingerprint density at radius 2 is 2.10 bits per heavy atom. The second-order valence-electron chi connectivity index (χ2n) is 1.98. The quantitative estimate of drug-likeness (QED) is 0.424. The molecule has 0 aromatic heterocycles. The van der Waals surface area contributed by atoms with Gasteiger partial charge >= 0.3 is 0 Å². The molecule has 0 saturated heterocycles. The van der Waals surface area contributed by atoms with Crippen LogP contribution in [0.2, 0.25) is 0 Å². The Kier molecular flexibility index (Phi) is 13.3. The van der Waals surface area contributed by atoms with Crippen LogP contribution in [0, 0.1) is 11.8 Å². The van der Waals surface area contributed by atoms with E-state index in [9.17, 15) is 0 Å². The van der Waals surface area contributed by atoms with Crippen molar-refractivity contribution < 1.29 is 5.48 Å². The molecule has 58 valence electrons. The van der Waals surface area contributed by atoms with Gasteiger partial charge in [-0.05, 0) is 12.5 Å². The van der Waals surface area contributed by atoms with Gasteiger partial charge in [-0.1, -0.05) is 38.2 Å². The van der Waals surface area contributed by atoms with Gasteiger partial charge in [0, 0.05) is 6.42 Å². The highest BCUT2D eigenvalue weighted by Gasteiger charge is 1.78. The van der Waals surface area contributed by atoms with E-state index in [1.54, 1.807) is 6.08 Å². The normalized spacial score (nSPS) is 6.90. The van der Waals surface area contributed by atoms with Crippen molar-refractivity contribution in [2.75, 3.05) is 0 Å². The highest BCUT2D eigenvalue weighted by atomic mass is 16.0. The van der Waals surface area contributed by atoms with Gasteiger partial charge in [-0.15, -0.1) is 0 Å². The van der Waals surface area contributed by atoms with Gasteiger partial charge in [0.15, 0.2) is 0 Å². The average molecular weight is 140 g/mol. The van der Waals surface area contributed by atoms with Gasteiger partial charge in [0.25, 0.3) is 0 Å². The molecule has 0 heterocycles. The second-order valence-corrected chi connectivity index (χ2v) is 1.98. The second kappa shape index (κ2) is 11.1. The van der Waals surface area contributed by atoms with E-state index in [4.69, 9.17) is 0 Å². The summed E-state index contributed by atoms with van der Waals surface area (Å²) >= 11 is 0. The molecule has 10 heavy (non-hydrogen) atoms. The van der Waals surface area contributed by atoms with Crippen molar-refractivity contribution in [3.63, 3.8) is 0 Å². The minimum atomic E-state index is 0. The van der Waals surface area contributed by atoms with E-state index in [-0.39, 0.29) is 5.48 Å². The lowest BCUT2D eigenvalue weighted by molar-refractivity contribution is 0.737. The molecule has 2 N–H and O–H groups in total. The van der Waals surface area contributed by atoms with Gasteiger partial charge in [0.2, 0.25) is 0 Å². The summed E-state index contributed by atoms with van der Waals surface area (Å²) in [4.78, 5) is 0. The smallest absolute Gasteiger partial charge is 0.00922 e. The molecule has 0 fully saturated rings. The van der Waals surface area contributed by atoms with Crippen molar-refractivity contribution in [2.24, 2.45) is 0 Å². The van der Waals surface area contributed by atoms with Crippen LogP contribution in [0.3, 0.4) is 0 Å². The topological polar surface area (TPSA) is 31.5 Å². The largest absolute Gasteiger partial charge is 0.412 e. The van der Waals surface area contributed by atoms with E-state index >= 15 is 0 Å². The summed E-state index contributed by atoms with van der Waals surface area (Å²) in [5.74, 6) is 5.82. The van der Waals surface area contributed by atoms with E-state index in [1.807, 2.05) is 0 Å². The monoisotopic (exact) mass is 140 g/mol. The maximum atomic E-state index is 3.50. The predicted octanol–water partition coefficient (Wildman–Crippen LogP) is 1.93. The van der Waals surface area contributed by atoms with Gasteiger partial charge < -0.3 is 5.48 Å². The molecule has 0 aliphatic heterocycles. The van der Waals surface area contributed by atoms with Crippen LogP contribution in [0.5, 0.6) is 0 Å². The SMILES string of the molecule is C=CC#CCCCCC.O. The van der Waals surface area contributed by atoms with E-state index in [1.165, 1.54) is 19.3 Å². The Hall–Kier alpha value is -0.740. The van der Waals surface area contributed by atoms with E-state index in [0.29, 0.717) is 0 Å². The lowest BCUT2D eigenvalue weighted by Gasteiger charge is -1.86. The highest BCUT2D eigenvalue weighted by Crippen LogP contribution is 1.96. The third-order valence-corrected chi connectivity index (χ3v) is 1.11. The summed E-state index contributed by atoms with van der Waals surface area (Å²) in [6.07, 6.45) is 6.48. The van der Waals surface area contributed by atoms with Crippen molar-refractivity contribution in [3.05, 3.63) is 12.7 Å². The molecule has 0 spiro atoms. The van der Waals surface area contributed by atoms with E-state index < -0.39 is 0 Å². The molecule has 0 aliphatic carbocycles. The number of rotatable bonds is 3. The van der Waals surface area contributed by atoms with Gasteiger partial charge in [-0.3, -0.25) is 0 Å². The van der Waals surface area contributed by atoms with Gasteiger partial charge in [-0.25, -0.2) is 0 Å². The summed E-state index contributed by atoms with van der Waals surface area (Å²) in [7, 11) is 0. The lowest BCUT2D eigenvalue weighted by Crippen LogP contribution is -1.69. The maximum absolute atomic E-state index is 3.50. The molecule has 1 nitrogen and oxygen atoms in total. The molecule has 0 aromatic carbocycles. The Balaban J connectivity index is 0. The first-order valence-corrected chi connectivity index (χ1v) is 3.51. The first-order chi connectivity index (χ1) is 4.41. The Bertz CT molecular complexity index is 116. The Morgan fingerprint density at radius 1 is 1.40 bits per heavy atom. The van der Waals surface area contributed by atoms with Crippen molar-refractivity contribution in [3.8, 4) is 11.8 Å². The molecule has 1 heteroatoms. The molecule has 0 unspecified atom stereocenters. The molecular formula is C9H16O. The van der Waals surface area contributed by atoms with Crippen LogP contribution in [0.4, 0.5) is 0 Å². The van der Waals surface area contributed by atoms with Crippen LogP contribution < -0.4 is 0 Å². The molecule has 0 rings (SSSR count). The maximum Gasteiger partial charge on any atom is 0.00922 e. The molecule has 0 aromatic rings. The summed E-state index contributed by atoms with van der Waals surface area (Å²) in [5, 5.41) is 0. The zero-order chi connectivity index (χ0) is 6.95.